The van der Waals surface area contributed by atoms with Crippen LogP contribution in [0.2, 0.25) is 0 Å². The fraction of sp³-hybridized carbons (Fsp3) is 0.286. The van der Waals surface area contributed by atoms with Gasteiger partial charge in [-0.3, -0.25) is 14.6 Å². The Kier molecular flexibility index (Phi) is 2.63. The number of carbonyl (C=O) groups is 1. The van der Waals surface area contributed by atoms with Crippen LogP contribution in [-0.2, 0) is 11.2 Å². The molecule has 0 aliphatic heterocycles. The second kappa shape index (κ2) is 3.70. The lowest BCUT2D eigenvalue weighted by Crippen LogP contribution is -2.18. The number of aliphatic carboxylic acids is 1. The predicted molar refractivity (Wildman–Crippen MR) is 45.7 cm³/mol. The van der Waals surface area contributed by atoms with Gasteiger partial charge in [-0.05, 0) is 0 Å². The molecule has 0 radical (unpaired) electrons. The standard InChI is InChI=1S/C7H9N3O3/c1-8-7-9-3-4(2-5(11)12)6(13)10-7/h3H,2H2,1H3,(H,11,12)(H2,8,9,10,13). The number of carboxylic acids is 1. The third-order valence-electron chi connectivity index (χ3n) is 1.45. The van der Waals surface area contributed by atoms with E-state index in [1.165, 1.54) is 6.20 Å². The highest BCUT2D eigenvalue weighted by molar-refractivity contribution is 5.69. The first kappa shape index (κ1) is 9.24. The van der Waals surface area contributed by atoms with E-state index in [0.29, 0.717) is 5.95 Å². The van der Waals surface area contributed by atoms with E-state index in [0.717, 1.165) is 0 Å². The van der Waals surface area contributed by atoms with Gasteiger partial charge in [-0.25, -0.2) is 4.98 Å². The van der Waals surface area contributed by atoms with Crippen LogP contribution in [0.3, 0.4) is 0 Å². The van der Waals surface area contributed by atoms with E-state index in [1.807, 2.05) is 0 Å². The lowest BCUT2D eigenvalue weighted by Gasteiger charge is -1.99. The number of anilines is 1. The van der Waals surface area contributed by atoms with Gasteiger partial charge in [0.2, 0.25) is 5.95 Å². The Bertz CT molecular complexity index is 371. The Morgan fingerprint density at radius 3 is 2.92 bits per heavy atom. The van der Waals surface area contributed by atoms with Crippen LogP contribution in [0.25, 0.3) is 0 Å². The van der Waals surface area contributed by atoms with Gasteiger partial charge in [0.05, 0.1) is 6.42 Å². The van der Waals surface area contributed by atoms with Crippen LogP contribution >= 0.6 is 0 Å². The Labute approximate surface area is 73.6 Å². The molecule has 0 spiro atoms. The normalized spacial score (nSPS) is 9.62. The van der Waals surface area contributed by atoms with E-state index in [2.05, 4.69) is 15.3 Å². The van der Waals surface area contributed by atoms with Gasteiger partial charge in [0.15, 0.2) is 0 Å². The van der Waals surface area contributed by atoms with Crippen molar-refractivity contribution in [3.63, 3.8) is 0 Å². The average Bonchev–Trinajstić information content (AvgIpc) is 2.08. The van der Waals surface area contributed by atoms with Gasteiger partial charge in [-0.1, -0.05) is 0 Å². The Morgan fingerprint density at radius 1 is 1.77 bits per heavy atom. The summed E-state index contributed by atoms with van der Waals surface area (Å²) >= 11 is 0. The maximum absolute atomic E-state index is 11.1. The number of rotatable bonds is 3. The molecule has 13 heavy (non-hydrogen) atoms. The van der Waals surface area contributed by atoms with E-state index in [9.17, 15) is 9.59 Å². The predicted octanol–water partition coefficient (Wildman–Crippen LogP) is -0.561. The van der Waals surface area contributed by atoms with Gasteiger partial charge >= 0.3 is 5.97 Å². The van der Waals surface area contributed by atoms with Crippen LogP contribution in [0.4, 0.5) is 5.95 Å². The van der Waals surface area contributed by atoms with Gasteiger partial charge in [-0.15, -0.1) is 0 Å². The van der Waals surface area contributed by atoms with Gasteiger partial charge in [0, 0.05) is 18.8 Å². The van der Waals surface area contributed by atoms with Crippen LogP contribution in [0.1, 0.15) is 5.56 Å². The van der Waals surface area contributed by atoms with Crippen LogP contribution in [0.5, 0.6) is 0 Å². The van der Waals surface area contributed by atoms with Crippen molar-refractivity contribution >= 4 is 11.9 Å². The average molecular weight is 183 g/mol. The molecule has 70 valence electrons. The molecule has 1 aromatic heterocycles. The largest absolute Gasteiger partial charge is 0.481 e. The Balaban J connectivity index is 2.99. The molecular formula is C7H9N3O3. The summed E-state index contributed by atoms with van der Waals surface area (Å²) in [4.78, 5) is 27.6. The molecule has 6 nitrogen and oxygen atoms in total. The highest BCUT2D eigenvalue weighted by Gasteiger charge is 2.05. The van der Waals surface area contributed by atoms with Crippen molar-refractivity contribution in [2.45, 2.75) is 6.42 Å². The van der Waals surface area contributed by atoms with Crippen molar-refractivity contribution in [1.82, 2.24) is 9.97 Å². The number of hydrogen-bond donors (Lipinski definition) is 3. The lowest BCUT2D eigenvalue weighted by molar-refractivity contribution is -0.136. The molecule has 0 saturated carbocycles. The minimum Gasteiger partial charge on any atom is -0.481 e. The molecule has 0 unspecified atom stereocenters. The zero-order chi connectivity index (χ0) is 9.84. The first-order valence-electron chi connectivity index (χ1n) is 3.61. The summed E-state index contributed by atoms with van der Waals surface area (Å²) in [5.41, 5.74) is -0.284. The summed E-state index contributed by atoms with van der Waals surface area (Å²) < 4.78 is 0. The smallest absolute Gasteiger partial charge is 0.308 e. The lowest BCUT2D eigenvalue weighted by atomic mass is 10.2. The van der Waals surface area contributed by atoms with E-state index in [4.69, 9.17) is 5.11 Å². The van der Waals surface area contributed by atoms with Crippen molar-refractivity contribution in [2.75, 3.05) is 12.4 Å². The van der Waals surface area contributed by atoms with Gasteiger partial charge in [0.1, 0.15) is 0 Å². The van der Waals surface area contributed by atoms with E-state index < -0.39 is 11.5 Å². The monoisotopic (exact) mass is 183 g/mol. The maximum atomic E-state index is 11.1. The molecule has 1 rings (SSSR count). The summed E-state index contributed by atoms with van der Waals surface area (Å²) in [5.74, 6) is -0.733. The minimum absolute atomic E-state index is 0.145. The number of aromatic nitrogens is 2. The Hall–Kier alpha value is -1.85. The van der Waals surface area contributed by atoms with Crippen molar-refractivity contribution in [3.05, 3.63) is 22.1 Å². The van der Waals surface area contributed by atoms with Crippen molar-refractivity contribution < 1.29 is 9.90 Å². The quantitative estimate of drug-likeness (QED) is 0.583. The van der Waals surface area contributed by atoms with Gasteiger partial charge in [0.25, 0.3) is 5.56 Å². The summed E-state index contributed by atoms with van der Waals surface area (Å²) in [6, 6.07) is 0. The molecule has 0 bridgehead atoms. The second-order valence-electron chi connectivity index (χ2n) is 2.41. The maximum Gasteiger partial charge on any atom is 0.308 e. The van der Waals surface area contributed by atoms with Crippen molar-refractivity contribution in [3.8, 4) is 0 Å². The molecule has 0 aliphatic rings. The summed E-state index contributed by atoms with van der Waals surface area (Å²) in [6.45, 7) is 0. The molecule has 3 N–H and O–H groups in total. The molecule has 0 aliphatic carbocycles. The highest BCUT2D eigenvalue weighted by atomic mass is 16.4. The van der Waals surface area contributed by atoms with Crippen molar-refractivity contribution in [1.29, 1.82) is 0 Å². The molecule has 0 atom stereocenters. The molecular weight excluding hydrogens is 174 g/mol. The van der Waals surface area contributed by atoms with Gasteiger partial charge in [-0.2, -0.15) is 0 Å². The molecule has 0 saturated heterocycles. The molecule has 0 fully saturated rings. The fourth-order valence-corrected chi connectivity index (χ4v) is 0.837. The van der Waals surface area contributed by atoms with Crippen LogP contribution in [0.15, 0.2) is 11.0 Å². The Morgan fingerprint density at radius 2 is 2.46 bits per heavy atom. The van der Waals surface area contributed by atoms with Crippen LogP contribution in [0, 0.1) is 0 Å². The molecule has 6 heteroatoms. The molecule has 0 amide bonds. The van der Waals surface area contributed by atoms with E-state index in [-0.39, 0.29) is 12.0 Å². The van der Waals surface area contributed by atoms with Crippen molar-refractivity contribution in [2.24, 2.45) is 0 Å². The summed E-state index contributed by atoms with van der Waals surface area (Å²) in [5, 5.41) is 11.1. The first-order chi connectivity index (χ1) is 6.13. The zero-order valence-electron chi connectivity index (χ0n) is 7.00. The molecule has 1 aromatic rings. The van der Waals surface area contributed by atoms with Gasteiger partial charge < -0.3 is 10.4 Å². The van der Waals surface area contributed by atoms with E-state index in [1.54, 1.807) is 7.05 Å². The third-order valence-corrected chi connectivity index (χ3v) is 1.45. The van der Waals surface area contributed by atoms with E-state index >= 15 is 0 Å². The number of aromatic amines is 1. The molecule has 0 aromatic carbocycles. The number of nitrogens with zero attached hydrogens (tertiary/aromatic N) is 1. The first-order valence-corrected chi connectivity index (χ1v) is 3.61. The SMILES string of the molecule is CNc1ncc(CC(=O)O)c(=O)[nH]1. The molecule has 1 heterocycles. The topological polar surface area (TPSA) is 95.1 Å². The second-order valence-corrected chi connectivity index (χ2v) is 2.41. The van der Waals surface area contributed by atoms with Crippen LogP contribution < -0.4 is 10.9 Å². The summed E-state index contributed by atoms with van der Waals surface area (Å²) in [7, 11) is 1.61. The minimum atomic E-state index is -1.05. The zero-order valence-corrected chi connectivity index (χ0v) is 7.00. The number of nitrogens with one attached hydrogen (secondary N) is 2. The number of carboxylic acid groups (broad SMARTS) is 1. The number of hydrogen-bond acceptors (Lipinski definition) is 4. The third kappa shape index (κ3) is 2.29. The summed E-state index contributed by atoms with van der Waals surface area (Å²) in [6.07, 6.45) is 0.936. The van der Waals surface area contributed by atoms with Crippen LogP contribution in [-0.4, -0.2) is 28.1 Å². The number of H-pyrrole nitrogens is 1. The highest BCUT2D eigenvalue weighted by Crippen LogP contribution is 1.94. The fourth-order valence-electron chi connectivity index (χ4n) is 0.837.